The maximum absolute atomic E-state index is 12.9. The largest absolute Gasteiger partial charge is 0.446 e. The Balaban J connectivity index is 1.15. The molecule has 0 radical (unpaired) electrons. The van der Waals surface area contributed by atoms with Gasteiger partial charge in [0.1, 0.15) is 6.10 Å². The van der Waals surface area contributed by atoms with Gasteiger partial charge in [-0.25, -0.2) is 4.79 Å². The van der Waals surface area contributed by atoms with Crippen molar-refractivity contribution in [2.75, 3.05) is 0 Å². The number of allylic oxidation sites excluding steroid dienone is 2. The second-order valence-corrected chi connectivity index (χ2v) is 18.7. The molecule has 4 aliphatic carbocycles. The smallest absolute Gasteiger partial charge is 0.407 e. The fraction of sp³-hybridized carbons (Fsp3) is 0.891. The van der Waals surface area contributed by atoms with Gasteiger partial charge in [0, 0.05) is 6.42 Å². The van der Waals surface area contributed by atoms with Crippen LogP contribution in [0.1, 0.15) is 196 Å². The summed E-state index contributed by atoms with van der Waals surface area (Å²) in [5.74, 6) is 5.03. The van der Waals surface area contributed by atoms with E-state index in [9.17, 15) is 9.90 Å². The van der Waals surface area contributed by atoms with E-state index in [-0.39, 0.29) is 23.7 Å². The molecule has 0 spiro atoms. The van der Waals surface area contributed by atoms with E-state index in [1.54, 1.807) is 5.57 Å². The van der Waals surface area contributed by atoms with E-state index in [1.165, 1.54) is 122 Å². The zero-order chi connectivity index (χ0) is 36.1. The Labute approximate surface area is 309 Å². The van der Waals surface area contributed by atoms with Gasteiger partial charge < -0.3 is 15.2 Å². The van der Waals surface area contributed by atoms with Gasteiger partial charge in [0.25, 0.3) is 0 Å². The van der Waals surface area contributed by atoms with Gasteiger partial charge in [0.2, 0.25) is 0 Å². The number of nitrogens with one attached hydrogen (secondary N) is 1. The molecule has 4 nitrogen and oxygen atoms in total. The lowest BCUT2D eigenvalue weighted by molar-refractivity contribution is -0.0582. The number of aliphatic hydroxyl groups is 1. The highest BCUT2D eigenvalue weighted by Crippen LogP contribution is 2.67. The van der Waals surface area contributed by atoms with Crippen LogP contribution in [0.3, 0.4) is 0 Å². The topological polar surface area (TPSA) is 58.6 Å². The molecule has 2 N–H and O–H groups in total. The molecule has 0 aromatic rings. The van der Waals surface area contributed by atoms with Gasteiger partial charge in [-0.05, 0) is 111 Å². The van der Waals surface area contributed by atoms with Crippen molar-refractivity contribution in [2.45, 2.75) is 214 Å². The second-order valence-electron chi connectivity index (χ2n) is 18.7. The molecular weight excluding hydrogens is 615 g/mol. The third-order valence-corrected chi connectivity index (χ3v) is 14.7. The van der Waals surface area contributed by atoms with Gasteiger partial charge in [0.05, 0.1) is 12.1 Å². The molecule has 0 aliphatic heterocycles. The molecule has 0 bridgehead atoms. The van der Waals surface area contributed by atoms with Gasteiger partial charge in [-0.15, -0.1) is 0 Å². The minimum absolute atomic E-state index is 0.0665. The molecule has 1 amide bonds. The summed E-state index contributed by atoms with van der Waals surface area (Å²) in [7, 11) is 0. The number of alkyl carbamates (subject to hydrolysis) is 1. The standard InChI is InChI=1S/C46H81NO3/c1-8-9-10-11-12-13-14-15-16-17-18-19-20-24-43(48)36(5)47-44(49)50-38-29-31-45(6)37(33-38)25-26-39-41-28-27-40(35(4)23-21-22-34(2)3)46(41,7)32-30-42(39)45/h20,24-25,34-36,38-43,48H,8-19,21-23,26-33H2,1-7H3,(H,47,49)/t35-,36?,38?,39?,40-,41?,42?,43?,45+,46-/m1/s1. The van der Waals surface area contributed by atoms with E-state index >= 15 is 0 Å². The van der Waals surface area contributed by atoms with Crippen molar-refractivity contribution in [3.63, 3.8) is 0 Å². The normalized spacial score (nSPS) is 32.6. The molecule has 4 heteroatoms. The van der Waals surface area contributed by atoms with Gasteiger partial charge in [-0.1, -0.05) is 149 Å². The van der Waals surface area contributed by atoms with Crippen LogP contribution >= 0.6 is 0 Å². The molecule has 10 atom stereocenters. The quantitative estimate of drug-likeness (QED) is 0.0928. The molecule has 3 fully saturated rings. The van der Waals surface area contributed by atoms with Gasteiger partial charge in [-0.2, -0.15) is 0 Å². The van der Waals surface area contributed by atoms with E-state index in [4.69, 9.17) is 4.74 Å². The number of carbonyl (C=O) groups is 1. The lowest BCUT2D eigenvalue weighted by Gasteiger charge is -2.58. The average Bonchev–Trinajstić information content (AvgIpc) is 3.44. The number of aliphatic hydroxyl groups excluding tert-OH is 1. The van der Waals surface area contributed by atoms with Crippen LogP contribution in [0, 0.1) is 46.3 Å². The predicted octanol–water partition coefficient (Wildman–Crippen LogP) is 13.1. The summed E-state index contributed by atoms with van der Waals surface area (Å²) >= 11 is 0. The molecule has 4 rings (SSSR count). The molecule has 50 heavy (non-hydrogen) atoms. The monoisotopic (exact) mass is 696 g/mol. The predicted molar refractivity (Wildman–Crippen MR) is 212 cm³/mol. The number of carbonyl (C=O) groups excluding carboxylic acids is 1. The van der Waals surface area contributed by atoms with Crippen molar-refractivity contribution in [3.8, 4) is 0 Å². The molecule has 0 aromatic carbocycles. The Morgan fingerprint density at radius 2 is 1.56 bits per heavy atom. The van der Waals surface area contributed by atoms with Gasteiger partial charge in [0.15, 0.2) is 0 Å². The number of rotatable bonds is 21. The van der Waals surface area contributed by atoms with E-state index in [0.29, 0.717) is 5.41 Å². The van der Waals surface area contributed by atoms with Crippen molar-refractivity contribution in [1.82, 2.24) is 5.32 Å². The van der Waals surface area contributed by atoms with Gasteiger partial charge >= 0.3 is 6.09 Å². The average molecular weight is 696 g/mol. The fourth-order valence-electron chi connectivity index (χ4n) is 11.5. The zero-order valence-electron chi connectivity index (χ0n) is 34.0. The Morgan fingerprint density at radius 3 is 2.24 bits per heavy atom. The third kappa shape index (κ3) is 11.1. The highest BCUT2D eigenvalue weighted by Gasteiger charge is 2.59. The lowest BCUT2D eigenvalue weighted by Crippen LogP contribution is -2.51. The molecule has 0 heterocycles. The molecular formula is C46H81NO3. The van der Waals surface area contributed by atoms with Crippen molar-refractivity contribution in [1.29, 1.82) is 0 Å². The number of ether oxygens (including phenoxy) is 1. The van der Waals surface area contributed by atoms with Crippen LogP contribution in [0.15, 0.2) is 23.8 Å². The van der Waals surface area contributed by atoms with Crippen LogP contribution in [0.25, 0.3) is 0 Å². The first-order valence-corrected chi connectivity index (χ1v) is 22.0. The van der Waals surface area contributed by atoms with E-state index in [1.807, 2.05) is 13.0 Å². The Hall–Kier alpha value is -1.29. The van der Waals surface area contributed by atoms with Crippen molar-refractivity contribution < 1.29 is 14.6 Å². The van der Waals surface area contributed by atoms with E-state index < -0.39 is 6.10 Å². The molecule has 3 saturated carbocycles. The summed E-state index contributed by atoms with van der Waals surface area (Å²) in [5.41, 5.74) is 2.33. The summed E-state index contributed by atoms with van der Waals surface area (Å²) in [6, 6.07) is -0.371. The van der Waals surface area contributed by atoms with Crippen molar-refractivity contribution in [3.05, 3.63) is 23.8 Å². The Kier molecular flexibility index (Phi) is 16.8. The SMILES string of the molecule is CCCCCCCCCCCCCC=CC(O)C(C)NC(=O)OC1CC[C@@]2(C)C(=CCC3C2CC[C@@]2(C)C3CC[C@@H]2[C@H](C)CCCC(C)C)C1. The van der Waals surface area contributed by atoms with Crippen LogP contribution in [-0.2, 0) is 4.74 Å². The molecule has 0 saturated heterocycles. The number of amides is 1. The molecule has 4 aliphatic rings. The second kappa shape index (κ2) is 20.2. The minimum Gasteiger partial charge on any atom is -0.446 e. The van der Waals surface area contributed by atoms with Crippen LogP contribution in [-0.4, -0.2) is 29.4 Å². The van der Waals surface area contributed by atoms with E-state index in [0.717, 1.165) is 61.2 Å². The van der Waals surface area contributed by atoms with Crippen LogP contribution < -0.4 is 5.32 Å². The maximum Gasteiger partial charge on any atom is 0.407 e. The summed E-state index contributed by atoms with van der Waals surface area (Å²) in [5, 5.41) is 13.6. The zero-order valence-corrected chi connectivity index (χ0v) is 34.0. The first kappa shape index (κ1) is 41.5. The lowest BCUT2D eigenvalue weighted by atomic mass is 9.47. The number of hydrogen-bond acceptors (Lipinski definition) is 3. The highest BCUT2D eigenvalue weighted by atomic mass is 16.6. The van der Waals surface area contributed by atoms with Crippen molar-refractivity contribution >= 4 is 6.09 Å². The van der Waals surface area contributed by atoms with E-state index in [2.05, 4.69) is 59.0 Å². The van der Waals surface area contributed by atoms with Crippen LogP contribution in [0.5, 0.6) is 0 Å². The Bertz CT molecular complexity index is 1070. The number of hydrogen-bond donors (Lipinski definition) is 2. The number of unbranched alkanes of at least 4 members (excludes halogenated alkanes) is 11. The summed E-state index contributed by atoms with van der Waals surface area (Å²) in [6.07, 6.45) is 35.1. The maximum atomic E-state index is 12.9. The molecule has 0 aromatic heterocycles. The fourth-order valence-corrected chi connectivity index (χ4v) is 11.5. The molecule has 6 unspecified atom stereocenters. The van der Waals surface area contributed by atoms with Crippen LogP contribution in [0.2, 0.25) is 0 Å². The third-order valence-electron chi connectivity index (χ3n) is 14.7. The first-order valence-electron chi connectivity index (χ1n) is 22.0. The van der Waals surface area contributed by atoms with Gasteiger partial charge in [-0.3, -0.25) is 0 Å². The highest BCUT2D eigenvalue weighted by molar-refractivity contribution is 5.68. The summed E-state index contributed by atoms with van der Waals surface area (Å²) < 4.78 is 6.01. The van der Waals surface area contributed by atoms with Crippen LogP contribution in [0.4, 0.5) is 4.79 Å². The van der Waals surface area contributed by atoms with Crippen molar-refractivity contribution in [2.24, 2.45) is 46.3 Å². The summed E-state index contributed by atoms with van der Waals surface area (Å²) in [6.45, 7) is 16.7. The first-order chi connectivity index (χ1) is 24.0. The summed E-state index contributed by atoms with van der Waals surface area (Å²) in [4.78, 5) is 12.9. The number of fused-ring (bicyclic) bond motifs is 5. The molecule has 288 valence electrons. The minimum atomic E-state index is -0.696. The Morgan fingerprint density at radius 1 is 0.880 bits per heavy atom.